The molecule has 20 heavy (non-hydrogen) atoms. The van der Waals surface area contributed by atoms with Gasteiger partial charge in [0.2, 0.25) is 0 Å². The maximum Gasteiger partial charge on any atom is 0.326 e. The highest BCUT2D eigenvalue weighted by molar-refractivity contribution is 7.98. The lowest BCUT2D eigenvalue weighted by Crippen LogP contribution is -2.43. The van der Waals surface area contributed by atoms with Crippen molar-refractivity contribution >= 4 is 35.2 Å². The van der Waals surface area contributed by atoms with Gasteiger partial charge in [-0.05, 0) is 36.6 Å². The van der Waals surface area contributed by atoms with Gasteiger partial charge < -0.3 is 15.2 Å². The van der Waals surface area contributed by atoms with Gasteiger partial charge in [-0.15, -0.1) is 0 Å². The first-order valence-electron chi connectivity index (χ1n) is 5.92. The van der Waals surface area contributed by atoms with Gasteiger partial charge in [0, 0.05) is 5.02 Å². The Labute approximate surface area is 126 Å². The molecule has 0 spiro atoms. The number of ether oxygens (including phenoxy) is 1. The van der Waals surface area contributed by atoms with E-state index in [2.05, 4.69) is 5.32 Å². The molecule has 0 aromatic heterocycles. The molecule has 110 valence electrons. The first-order chi connectivity index (χ1) is 9.52. The molecule has 1 rings (SSSR count). The van der Waals surface area contributed by atoms with Crippen molar-refractivity contribution in [1.29, 1.82) is 0 Å². The molecule has 0 saturated heterocycles. The monoisotopic (exact) mass is 317 g/mol. The van der Waals surface area contributed by atoms with E-state index in [4.69, 9.17) is 21.4 Å². The Morgan fingerprint density at radius 1 is 1.50 bits per heavy atom. The molecule has 0 heterocycles. The fraction of sp³-hybridized carbons (Fsp3) is 0.385. The van der Waals surface area contributed by atoms with Crippen molar-refractivity contribution in [2.45, 2.75) is 12.5 Å². The minimum atomic E-state index is -1.05. The number of carboxylic acid groups (broad SMARTS) is 1. The number of aliphatic carboxylic acids is 1. The second-order valence-electron chi connectivity index (χ2n) is 3.99. The van der Waals surface area contributed by atoms with Crippen LogP contribution < -0.4 is 10.1 Å². The molecule has 5 nitrogen and oxygen atoms in total. The molecule has 0 saturated carbocycles. The maximum atomic E-state index is 11.6. The summed E-state index contributed by atoms with van der Waals surface area (Å²) in [5.41, 5.74) is 0. The number of carbonyl (C=O) groups is 2. The van der Waals surface area contributed by atoms with E-state index < -0.39 is 17.9 Å². The summed E-state index contributed by atoms with van der Waals surface area (Å²) in [5.74, 6) is -0.399. The lowest BCUT2D eigenvalue weighted by Gasteiger charge is -2.14. The van der Waals surface area contributed by atoms with Crippen molar-refractivity contribution in [1.82, 2.24) is 5.32 Å². The van der Waals surface area contributed by atoms with Gasteiger partial charge >= 0.3 is 5.97 Å². The number of rotatable bonds is 8. The van der Waals surface area contributed by atoms with Gasteiger partial charge in [0.15, 0.2) is 6.61 Å². The van der Waals surface area contributed by atoms with Crippen LogP contribution >= 0.6 is 23.4 Å². The van der Waals surface area contributed by atoms with Crippen LogP contribution in [0.4, 0.5) is 0 Å². The summed E-state index contributed by atoms with van der Waals surface area (Å²) in [6, 6.07) is 5.75. The Kier molecular flexibility index (Phi) is 7.25. The molecule has 1 unspecified atom stereocenters. The summed E-state index contributed by atoms with van der Waals surface area (Å²) in [7, 11) is 0. The molecule has 0 fully saturated rings. The molecule has 0 aliphatic heterocycles. The molecule has 2 N–H and O–H groups in total. The zero-order valence-electron chi connectivity index (χ0n) is 11.0. The number of thioether (sulfide) groups is 1. The summed E-state index contributed by atoms with van der Waals surface area (Å²) in [6.07, 6.45) is 2.25. The van der Waals surface area contributed by atoms with E-state index in [1.54, 1.807) is 24.3 Å². The summed E-state index contributed by atoms with van der Waals surface area (Å²) >= 11 is 7.31. The minimum Gasteiger partial charge on any atom is -0.484 e. The van der Waals surface area contributed by atoms with Crippen molar-refractivity contribution in [2.24, 2.45) is 0 Å². The van der Waals surface area contributed by atoms with Crippen LogP contribution in [0.25, 0.3) is 0 Å². The lowest BCUT2D eigenvalue weighted by atomic mass is 10.2. The number of hydrogen-bond donors (Lipinski definition) is 2. The third-order valence-corrected chi connectivity index (χ3v) is 3.29. The zero-order valence-corrected chi connectivity index (χ0v) is 12.5. The second kappa shape index (κ2) is 8.71. The number of benzene rings is 1. The van der Waals surface area contributed by atoms with Crippen LogP contribution in [-0.4, -0.2) is 41.6 Å². The third kappa shape index (κ3) is 6.16. The molecular weight excluding hydrogens is 302 g/mol. The van der Waals surface area contributed by atoms with Crippen LogP contribution in [0, 0.1) is 0 Å². The second-order valence-corrected chi connectivity index (χ2v) is 5.41. The molecule has 1 amide bonds. The van der Waals surface area contributed by atoms with Crippen molar-refractivity contribution in [3.05, 3.63) is 29.3 Å². The molecule has 1 aromatic rings. The van der Waals surface area contributed by atoms with Crippen molar-refractivity contribution < 1.29 is 19.4 Å². The topological polar surface area (TPSA) is 75.6 Å². The Balaban J connectivity index is 2.43. The van der Waals surface area contributed by atoms with Gasteiger partial charge in [-0.25, -0.2) is 4.79 Å². The van der Waals surface area contributed by atoms with Crippen LogP contribution in [-0.2, 0) is 9.59 Å². The summed E-state index contributed by atoms with van der Waals surface area (Å²) in [5, 5.41) is 11.9. The zero-order chi connectivity index (χ0) is 15.0. The fourth-order valence-corrected chi connectivity index (χ4v) is 2.09. The van der Waals surface area contributed by atoms with E-state index in [-0.39, 0.29) is 6.61 Å². The molecule has 1 aromatic carbocycles. The predicted molar refractivity (Wildman–Crippen MR) is 79.5 cm³/mol. The van der Waals surface area contributed by atoms with E-state index in [1.807, 2.05) is 6.26 Å². The van der Waals surface area contributed by atoms with Crippen LogP contribution in [0.1, 0.15) is 6.42 Å². The summed E-state index contributed by atoms with van der Waals surface area (Å²) < 4.78 is 5.24. The molecule has 0 radical (unpaired) electrons. The highest BCUT2D eigenvalue weighted by Gasteiger charge is 2.19. The Morgan fingerprint density at radius 3 is 2.85 bits per heavy atom. The molecule has 0 aliphatic carbocycles. The molecular formula is C13H16ClNO4S. The standard InChI is InChI=1S/C13H16ClNO4S/c1-20-6-5-11(13(17)18)15-12(16)8-19-10-4-2-3-9(14)7-10/h2-4,7,11H,5-6,8H2,1H3,(H,15,16)(H,17,18). The number of amides is 1. The highest BCUT2D eigenvalue weighted by Crippen LogP contribution is 2.16. The van der Waals surface area contributed by atoms with Gasteiger partial charge in [-0.1, -0.05) is 17.7 Å². The molecule has 1 atom stereocenters. The first-order valence-corrected chi connectivity index (χ1v) is 7.69. The van der Waals surface area contributed by atoms with Crippen LogP contribution in [0.3, 0.4) is 0 Å². The predicted octanol–water partition coefficient (Wildman–Crippen LogP) is 2.04. The molecule has 0 bridgehead atoms. The van der Waals surface area contributed by atoms with Crippen molar-refractivity contribution in [2.75, 3.05) is 18.6 Å². The lowest BCUT2D eigenvalue weighted by molar-refractivity contribution is -0.142. The van der Waals surface area contributed by atoms with Crippen LogP contribution in [0.2, 0.25) is 5.02 Å². The van der Waals surface area contributed by atoms with Crippen LogP contribution in [0.5, 0.6) is 5.75 Å². The van der Waals surface area contributed by atoms with Crippen molar-refractivity contribution in [3.63, 3.8) is 0 Å². The quantitative estimate of drug-likeness (QED) is 0.767. The van der Waals surface area contributed by atoms with Gasteiger partial charge in [-0.2, -0.15) is 11.8 Å². The average Bonchev–Trinajstić information content (AvgIpc) is 2.41. The molecule has 7 heteroatoms. The van der Waals surface area contributed by atoms with E-state index in [0.717, 1.165) is 0 Å². The number of halogens is 1. The number of carboxylic acids is 1. The molecule has 0 aliphatic rings. The Hall–Kier alpha value is -1.40. The van der Waals surface area contributed by atoms with E-state index in [9.17, 15) is 9.59 Å². The smallest absolute Gasteiger partial charge is 0.326 e. The van der Waals surface area contributed by atoms with Gasteiger partial charge in [0.05, 0.1) is 0 Å². The fourth-order valence-electron chi connectivity index (χ4n) is 1.43. The van der Waals surface area contributed by atoms with Gasteiger partial charge in [0.25, 0.3) is 5.91 Å². The third-order valence-electron chi connectivity index (χ3n) is 2.41. The van der Waals surface area contributed by atoms with Gasteiger partial charge in [0.1, 0.15) is 11.8 Å². The average molecular weight is 318 g/mol. The number of hydrogen-bond acceptors (Lipinski definition) is 4. The van der Waals surface area contributed by atoms with Gasteiger partial charge in [-0.3, -0.25) is 4.79 Å². The number of nitrogens with one attached hydrogen (secondary N) is 1. The SMILES string of the molecule is CSCCC(NC(=O)COc1cccc(Cl)c1)C(=O)O. The normalized spacial score (nSPS) is 11.7. The van der Waals surface area contributed by atoms with E-state index >= 15 is 0 Å². The Morgan fingerprint density at radius 2 is 2.25 bits per heavy atom. The Bertz CT molecular complexity index is 469. The number of carbonyl (C=O) groups excluding carboxylic acids is 1. The van der Waals surface area contributed by atoms with E-state index in [0.29, 0.717) is 22.9 Å². The van der Waals surface area contributed by atoms with E-state index in [1.165, 1.54) is 11.8 Å². The van der Waals surface area contributed by atoms with Crippen molar-refractivity contribution in [3.8, 4) is 5.75 Å². The van der Waals surface area contributed by atoms with Crippen LogP contribution in [0.15, 0.2) is 24.3 Å². The summed E-state index contributed by atoms with van der Waals surface area (Å²) in [6.45, 7) is -0.247. The highest BCUT2D eigenvalue weighted by atomic mass is 35.5. The minimum absolute atomic E-state index is 0.247. The largest absolute Gasteiger partial charge is 0.484 e. The first kappa shape index (κ1) is 16.7. The maximum absolute atomic E-state index is 11.6. The summed E-state index contributed by atoms with van der Waals surface area (Å²) in [4.78, 5) is 22.6.